The van der Waals surface area contributed by atoms with E-state index in [9.17, 15) is 15.0 Å². The van der Waals surface area contributed by atoms with Gasteiger partial charge < -0.3 is 19.7 Å². The number of nitrogens with zero attached hydrogens (tertiary/aromatic N) is 2. The molecule has 1 amide bonds. The van der Waals surface area contributed by atoms with Crippen molar-refractivity contribution in [3.8, 4) is 11.5 Å². The molecule has 0 fully saturated rings. The molecule has 1 aliphatic rings. The number of aromatic hydroxyl groups is 2. The van der Waals surface area contributed by atoms with Crippen LogP contribution in [0.4, 0.5) is 0 Å². The topological polar surface area (TPSA) is 65.7 Å². The third-order valence-corrected chi connectivity index (χ3v) is 5.84. The Morgan fingerprint density at radius 3 is 2.27 bits per heavy atom. The Bertz CT molecular complexity index is 1220. The maximum absolute atomic E-state index is 13.1. The molecule has 1 aromatic heterocycles. The molecule has 5 rings (SSSR count). The van der Waals surface area contributed by atoms with E-state index >= 15 is 0 Å². The van der Waals surface area contributed by atoms with Crippen molar-refractivity contribution in [2.45, 2.75) is 19.5 Å². The molecule has 0 aliphatic carbocycles. The molecule has 4 aromatic rings. The quantitative estimate of drug-likeness (QED) is 0.541. The van der Waals surface area contributed by atoms with Crippen molar-refractivity contribution in [2.24, 2.45) is 0 Å². The molecule has 2 N–H and O–H groups in total. The lowest BCUT2D eigenvalue weighted by atomic mass is 10.0. The molecule has 2 heterocycles. The summed E-state index contributed by atoms with van der Waals surface area (Å²) in [7, 11) is 0. The van der Waals surface area contributed by atoms with Gasteiger partial charge in [-0.05, 0) is 60.0 Å². The molecular weight excluding hydrogens is 376 g/mol. The van der Waals surface area contributed by atoms with Gasteiger partial charge in [0, 0.05) is 35.2 Å². The van der Waals surface area contributed by atoms with E-state index in [4.69, 9.17) is 0 Å². The number of carbonyl (C=O) groups excluding carboxylic acids is 1. The van der Waals surface area contributed by atoms with Crippen LogP contribution >= 0.6 is 0 Å². The van der Waals surface area contributed by atoms with Crippen LogP contribution in [0.2, 0.25) is 0 Å². The van der Waals surface area contributed by atoms with E-state index in [-0.39, 0.29) is 17.4 Å². The van der Waals surface area contributed by atoms with E-state index in [2.05, 4.69) is 22.8 Å². The fourth-order valence-corrected chi connectivity index (χ4v) is 4.32. The lowest BCUT2D eigenvalue weighted by molar-refractivity contribution is 0.0731. The Morgan fingerprint density at radius 2 is 1.53 bits per heavy atom. The second kappa shape index (κ2) is 7.26. The Labute approximate surface area is 174 Å². The van der Waals surface area contributed by atoms with Gasteiger partial charge >= 0.3 is 0 Å². The molecule has 30 heavy (non-hydrogen) atoms. The standard InChI is InChI=1S/C25H22N2O3/c28-19-9-5-17(6-10-19)15-27-23-4-2-1-3-21(23)22-13-14-26(16-24(22)27)25(30)18-7-11-20(29)12-8-18/h1-12,28-29H,13-16H2. The zero-order valence-electron chi connectivity index (χ0n) is 16.5. The van der Waals surface area contributed by atoms with Crippen molar-refractivity contribution in [2.75, 3.05) is 6.54 Å². The number of benzene rings is 3. The van der Waals surface area contributed by atoms with E-state index in [0.29, 0.717) is 25.2 Å². The number of amides is 1. The largest absolute Gasteiger partial charge is 0.508 e. The summed E-state index contributed by atoms with van der Waals surface area (Å²) < 4.78 is 2.29. The first-order valence-corrected chi connectivity index (χ1v) is 10.1. The van der Waals surface area contributed by atoms with Crippen molar-refractivity contribution in [1.29, 1.82) is 0 Å². The minimum absolute atomic E-state index is 0.0258. The maximum Gasteiger partial charge on any atom is 0.254 e. The highest BCUT2D eigenvalue weighted by Gasteiger charge is 2.27. The van der Waals surface area contributed by atoms with Crippen LogP contribution in [0.15, 0.2) is 72.8 Å². The molecule has 0 bridgehead atoms. The first kappa shape index (κ1) is 18.3. The monoisotopic (exact) mass is 398 g/mol. The van der Waals surface area contributed by atoms with E-state index in [1.54, 1.807) is 36.4 Å². The van der Waals surface area contributed by atoms with E-state index < -0.39 is 0 Å². The second-order valence-corrected chi connectivity index (χ2v) is 7.72. The Hall–Kier alpha value is -3.73. The number of carbonyl (C=O) groups is 1. The van der Waals surface area contributed by atoms with E-state index in [1.807, 2.05) is 23.1 Å². The zero-order chi connectivity index (χ0) is 20.7. The van der Waals surface area contributed by atoms with Gasteiger partial charge in [0.1, 0.15) is 11.5 Å². The van der Waals surface area contributed by atoms with Crippen molar-refractivity contribution < 1.29 is 15.0 Å². The van der Waals surface area contributed by atoms with Crippen molar-refractivity contribution in [3.05, 3.63) is 95.2 Å². The summed E-state index contributed by atoms with van der Waals surface area (Å²) in [6.45, 7) is 1.89. The van der Waals surface area contributed by atoms with Crippen LogP contribution in [0.5, 0.6) is 11.5 Å². The number of hydrogen-bond acceptors (Lipinski definition) is 3. The van der Waals surface area contributed by atoms with Crippen molar-refractivity contribution >= 4 is 16.8 Å². The summed E-state index contributed by atoms with van der Waals surface area (Å²) in [6, 6.07) is 22.1. The van der Waals surface area contributed by atoms with E-state index in [0.717, 1.165) is 23.2 Å². The fourth-order valence-electron chi connectivity index (χ4n) is 4.32. The number of phenolic OH excluding ortho intramolecular Hbond substituents is 2. The van der Waals surface area contributed by atoms with Crippen LogP contribution in [-0.4, -0.2) is 32.1 Å². The molecule has 0 spiro atoms. The fraction of sp³-hybridized carbons (Fsp3) is 0.160. The smallest absolute Gasteiger partial charge is 0.254 e. The average Bonchev–Trinajstić information content (AvgIpc) is 3.08. The van der Waals surface area contributed by atoms with Gasteiger partial charge in [0.05, 0.1) is 6.54 Å². The highest BCUT2D eigenvalue weighted by atomic mass is 16.3. The molecule has 5 nitrogen and oxygen atoms in total. The molecule has 0 saturated heterocycles. The Morgan fingerprint density at radius 1 is 0.867 bits per heavy atom. The predicted octanol–water partition coefficient (Wildman–Crippen LogP) is 4.30. The highest BCUT2D eigenvalue weighted by Crippen LogP contribution is 2.32. The second-order valence-electron chi connectivity index (χ2n) is 7.72. The summed E-state index contributed by atoms with van der Waals surface area (Å²) in [4.78, 5) is 14.9. The van der Waals surface area contributed by atoms with Gasteiger partial charge in [0.2, 0.25) is 0 Å². The van der Waals surface area contributed by atoms with Gasteiger partial charge in [0.25, 0.3) is 5.91 Å². The van der Waals surface area contributed by atoms with Crippen LogP contribution in [0.1, 0.15) is 27.2 Å². The summed E-state index contributed by atoms with van der Waals surface area (Å²) in [6.07, 6.45) is 0.808. The summed E-state index contributed by atoms with van der Waals surface area (Å²) in [5.41, 5.74) is 5.30. The minimum Gasteiger partial charge on any atom is -0.508 e. The van der Waals surface area contributed by atoms with Crippen LogP contribution in [-0.2, 0) is 19.5 Å². The lowest BCUT2D eigenvalue weighted by Crippen LogP contribution is -2.36. The summed E-state index contributed by atoms with van der Waals surface area (Å²) in [5.74, 6) is 0.382. The van der Waals surface area contributed by atoms with Gasteiger partial charge in [-0.1, -0.05) is 30.3 Å². The SMILES string of the molecule is O=C(c1ccc(O)cc1)N1CCc2c(n(Cc3ccc(O)cc3)c3ccccc23)C1. The molecular formula is C25H22N2O3. The van der Waals surface area contributed by atoms with Gasteiger partial charge in [-0.3, -0.25) is 4.79 Å². The highest BCUT2D eigenvalue weighted by molar-refractivity contribution is 5.95. The zero-order valence-corrected chi connectivity index (χ0v) is 16.5. The molecule has 1 aliphatic heterocycles. The summed E-state index contributed by atoms with van der Waals surface area (Å²) in [5, 5.41) is 20.3. The number of fused-ring (bicyclic) bond motifs is 3. The number of hydrogen-bond donors (Lipinski definition) is 2. The van der Waals surface area contributed by atoms with Crippen molar-refractivity contribution in [1.82, 2.24) is 9.47 Å². The van der Waals surface area contributed by atoms with Gasteiger partial charge in [-0.15, -0.1) is 0 Å². The number of para-hydroxylation sites is 1. The number of phenols is 2. The normalized spacial score (nSPS) is 13.4. The van der Waals surface area contributed by atoms with Crippen LogP contribution < -0.4 is 0 Å². The molecule has 0 atom stereocenters. The molecule has 150 valence electrons. The van der Waals surface area contributed by atoms with Crippen LogP contribution in [0, 0.1) is 0 Å². The van der Waals surface area contributed by atoms with E-state index in [1.165, 1.54) is 10.9 Å². The molecule has 3 aromatic carbocycles. The first-order chi connectivity index (χ1) is 14.6. The minimum atomic E-state index is -0.0258. The van der Waals surface area contributed by atoms with Gasteiger partial charge in [0.15, 0.2) is 0 Å². The third kappa shape index (κ3) is 3.18. The third-order valence-electron chi connectivity index (χ3n) is 5.84. The Balaban J connectivity index is 1.53. The first-order valence-electron chi connectivity index (χ1n) is 10.1. The lowest BCUT2D eigenvalue weighted by Gasteiger charge is -2.29. The number of aromatic nitrogens is 1. The van der Waals surface area contributed by atoms with Crippen LogP contribution in [0.3, 0.4) is 0 Å². The Kier molecular flexibility index (Phi) is 4.43. The molecule has 0 unspecified atom stereocenters. The van der Waals surface area contributed by atoms with Crippen molar-refractivity contribution in [3.63, 3.8) is 0 Å². The molecule has 5 heteroatoms. The van der Waals surface area contributed by atoms with Gasteiger partial charge in [-0.2, -0.15) is 0 Å². The molecule has 0 saturated carbocycles. The molecule has 0 radical (unpaired) electrons. The van der Waals surface area contributed by atoms with Crippen LogP contribution in [0.25, 0.3) is 10.9 Å². The van der Waals surface area contributed by atoms with Gasteiger partial charge in [-0.25, -0.2) is 0 Å². The summed E-state index contributed by atoms with van der Waals surface area (Å²) >= 11 is 0. The maximum atomic E-state index is 13.1. The average molecular weight is 398 g/mol. The number of rotatable bonds is 3. The predicted molar refractivity (Wildman–Crippen MR) is 116 cm³/mol.